The van der Waals surface area contributed by atoms with Gasteiger partial charge >= 0.3 is 0 Å². The lowest BCUT2D eigenvalue weighted by Crippen LogP contribution is -2.36. The van der Waals surface area contributed by atoms with Crippen LogP contribution in [0.3, 0.4) is 0 Å². The number of morpholine rings is 1. The van der Waals surface area contributed by atoms with Crippen LogP contribution in [0.5, 0.6) is 5.75 Å². The molecule has 2 aromatic heterocycles. The van der Waals surface area contributed by atoms with Gasteiger partial charge in [-0.05, 0) is 65.4 Å². The van der Waals surface area contributed by atoms with Crippen LogP contribution in [0.1, 0.15) is 11.1 Å². The highest BCUT2D eigenvalue weighted by atomic mass is 79.9. The van der Waals surface area contributed by atoms with Crippen molar-refractivity contribution in [2.24, 2.45) is 7.05 Å². The maximum atomic E-state index is 5.85. The monoisotopic (exact) mass is 621 g/mol. The zero-order chi connectivity index (χ0) is 27.8. The number of ether oxygens (including phenoxy) is 2. The van der Waals surface area contributed by atoms with E-state index in [-0.39, 0.29) is 7.92 Å². The summed E-state index contributed by atoms with van der Waals surface area (Å²) in [4.78, 5) is 11.8. The molecule has 11 heteroatoms. The van der Waals surface area contributed by atoms with Crippen LogP contribution in [0.15, 0.2) is 47.3 Å². The minimum atomic E-state index is -0.267. The number of halogens is 1. The Morgan fingerprint density at radius 1 is 1.05 bits per heavy atom. The van der Waals surface area contributed by atoms with Gasteiger partial charge in [0.15, 0.2) is 0 Å². The van der Waals surface area contributed by atoms with E-state index in [9.17, 15) is 0 Å². The summed E-state index contributed by atoms with van der Waals surface area (Å²) in [5.41, 5.74) is 8.03. The summed E-state index contributed by atoms with van der Waals surface area (Å²) in [5, 5.41) is 12.9. The van der Waals surface area contributed by atoms with Crippen LogP contribution in [-0.2, 0) is 24.6 Å². The molecule has 0 bridgehead atoms. The number of rotatable bonds is 8. The molecule has 3 heterocycles. The zero-order valence-electron chi connectivity index (χ0n) is 23.2. The lowest BCUT2D eigenvalue weighted by molar-refractivity contribution is 0.122. The van der Waals surface area contributed by atoms with Gasteiger partial charge in [0.2, 0.25) is 5.95 Å². The Kier molecular flexibility index (Phi) is 7.66. The van der Waals surface area contributed by atoms with Crippen molar-refractivity contribution in [1.29, 1.82) is 0 Å². The molecule has 40 heavy (non-hydrogen) atoms. The molecule has 4 aromatic rings. The third-order valence-corrected chi connectivity index (χ3v) is 9.39. The Morgan fingerprint density at radius 3 is 2.55 bits per heavy atom. The van der Waals surface area contributed by atoms with E-state index in [1.807, 2.05) is 24.1 Å². The van der Waals surface area contributed by atoms with Gasteiger partial charge in [-0.15, -0.1) is 0 Å². The van der Waals surface area contributed by atoms with Crippen LogP contribution in [0, 0.1) is 0 Å². The van der Waals surface area contributed by atoms with Gasteiger partial charge in [-0.3, -0.25) is 4.68 Å². The second-order valence-electron chi connectivity index (χ2n) is 10.2. The number of benzene rings is 2. The summed E-state index contributed by atoms with van der Waals surface area (Å²) in [6.07, 6.45) is 8.00. The molecule has 2 N–H and O–H groups in total. The van der Waals surface area contributed by atoms with E-state index in [1.165, 1.54) is 22.9 Å². The highest BCUT2D eigenvalue weighted by Gasteiger charge is 2.23. The standard InChI is InChI=1S/C29H33BrN7O2P/c1-36-17-19(15-32-36)21-13-24(26(38-2)14-25(21)37-9-11-39-12-10-37)34-29-31-16-22(30)28(35-29)33-23-8-6-18-5-7-20(18)27(23)40(3)4/h6,8,13-17H,5,7,9-12H2,1-4H3,(H2,31,33,34,35). The molecule has 208 valence electrons. The number of nitrogens with one attached hydrogen (secondary N) is 2. The van der Waals surface area contributed by atoms with Gasteiger partial charge in [-0.25, -0.2) is 4.98 Å². The Balaban J connectivity index is 1.35. The Morgan fingerprint density at radius 2 is 1.88 bits per heavy atom. The molecule has 9 nitrogen and oxygen atoms in total. The first-order valence-electron chi connectivity index (χ1n) is 13.3. The Bertz CT molecular complexity index is 1550. The second-order valence-corrected chi connectivity index (χ2v) is 13.3. The number of aryl methyl sites for hydroxylation is 2. The third-order valence-electron chi connectivity index (χ3n) is 7.40. The number of nitrogens with zero attached hydrogens (tertiary/aromatic N) is 5. The predicted molar refractivity (Wildman–Crippen MR) is 167 cm³/mol. The van der Waals surface area contributed by atoms with Crippen LogP contribution in [-0.4, -0.2) is 66.5 Å². The summed E-state index contributed by atoms with van der Waals surface area (Å²) >= 11 is 3.65. The van der Waals surface area contributed by atoms with Crippen molar-refractivity contribution in [3.63, 3.8) is 0 Å². The fourth-order valence-corrected chi connectivity index (χ4v) is 7.04. The number of anilines is 5. The molecular formula is C29H33BrN7O2P. The quantitative estimate of drug-likeness (QED) is 0.252. The first-order valence-corrected chi connectivity index (χ1v) is 16.4. The van der Waals surface area contributed by atoms with Crippen LogP contribution in [0.2, 0.25) is 0 Å². The molecule has 1 fully saturated rings. The average Bonchev–Trinajstić information content (AvgIpc) is 3.38. The molecule has 0 amide bonds. The molecule has 0 unspecified atom stereocenters. The van der Waals surface area contributed by atoms with Gasteiger partial charge in [0, 0.05) is 66.4 Å². The lowest BCUT2D eigenvalue weighted by atomic mass is 9.88. The van der Waals surface area contributed by atoms with Crippen molar-refractivity contribution in [1.82, 2.24) is 19.7 Å². The summed E-state index contributed by atoms with van der Waals surface area (Å²) in [7, 11) is 3.34. The topological polar surface area (TPSA) is 89.4 Å². The highest BCUT2D eigenvalue weighted by molar-refractivity contribution is 9.10. The first kappa shape index (κ1) is 27.0. The third kappa shape index (κ3) is 5.28. The van der Waals surface area contributed by atoms with Crippen molar-refractivity contribution in [2.45, 2.75) is 12.8 Å². The largest absolute Gasteiger partial charge is 0.494 e. The van der Waals surface area contributed by atoms with Crippen LogP contribution in [0.4, 0.5) is 28.8 Å². The normalized spacial score (nSPS) is 14.6. The van der Waals surface area contributed by atoms with Crippen LogP contribution < -0.4 is 25.6 Å². The Hall–Kier alpha value is -3.20. The van der Waals surface area contributed by atoms with E-state index in [0.29, 0.717) is 30.7 Å². The second kappa shape index (κ2) is 11.4. The van der Waals surface area contributed by atoms with E-state index in [1.54, 1.807) is 13.3 Å². The van der Waals surface area contributed by atoms with Gasteiger partial charge < -0.3 is 25.0 Å². The van der Waals surface area contributed by atoms with Crippen molar-refractivity contribution >= 4 is 58.0 Å². The molecule has 0 atom stereocenters. The molecule has 0 radical (unpaired) electrons. The number of methoxy groups -OCH3 is 1. The van der Waals surface area contributed by atoms with Gasteiger partial charge in [-0.2, -0.15) is 10.1 Å². The van der Waals surface area contributed by atoms with E-state index in [4.69, 9.17) is 14.5 Å². The average molecular weight is 623 g/mol. The fourth-order valence-electron chi connectivity index (χ4n) is 5.34. The van der Waals surface area contributed by atoms with Crippen LogP contribution >= 0.6 is 23.9 Å². The summed E-state index contributed by atoms with van der Waals surface area (Å²) in [6, 6.07) is 8.59. The number of aromatic nitrogens is 4. The maximum absolute atomic E-state index is 5.85. The van der Waals surface area contributed by atoms with Gasteiger partial charge in [0.25, 0.3) is 0 Å². The predicted octanol–water partition coefficient (Wildman–Crippen LogP) is 5.44. The van der Waals surface area contributed by atoms with Crippen molar-refractivity contribution < 1.29 is 9.47 Å². The summed E-state index contributed by atoms with van der Waals surface area (Å²) in [6.45, 7) is 7.64. The van der Waals surface area contributed by atoms with Gasteiger partial charge in [0.1, 0.15) is 11.6 Å². The summed E-state index contributed by atoms with van der Waals surface area (Å²) < 4.78 is 14.1. The van der Waals surface area contributed by atoms with E-state index < -0.39 is 0 Å². The zero-order valence-corrected chi connectivity index (χ0v) is 25.6. The lowest BCUT2D eigenvalue weighted by Gasteiger charge is -2.31. The Labute approximate surface area is 244 Å². The molecule has 6 rings (SSSR count). The van der Waals surface area contributed by atoms with E-state index in [2.05, 4.69) is 79.1 Å². The maximum Gasteiger partial charge on any atom is 0.229 e. The smallest absolute Gasteiger partial charge is 0.229 e. The van der Waals surface area contributed by atoms with Gasteiger partial charge in [-0.1, -0.05) is 14.0 Å². The highest BCUT2D eigenvalue weighted by Crippen LogP contribution is 2.41. The molecule has 2 aromatic carbocycles. The fraction of sp³-hybridized carbons (Fsp3) is 0.345. The van der Waals surface area contributed by atoms with E-state index >= 15 is 0 Å². The molecular weight excluding hydrogens is 589 g/mol. The van der Waals surface area contributed by atoms with Gasteiger partial charge in [0.05, 0.1) is 36.7 Å². The molecule has 0 spiro atoms. The van der Waals surface area contributed by atoms with Crippen LogP contribution in [0.25, 0.3) is 11.1 Å². The SMILES string of the molecule is COc1cc(N2CCOCC2)c(-c2cnn(C)c2)cc1Nc1ncc(Br)c(Nc2ccc3c(c2P(C)C)CC3)n1. The summed E-state index contributed by atoms with van der Waals surface area (Å²) in [5.74, 6) is 1.90. The number of hydrogen-bond acceptors (Lipinski definition) is 8. The van der Waals surface area contributed by atoms with Crippen molar-refractivity contribution in [2.75, 3.05) is 62.3 Å². The number of hydrogen-bond donors (Lipinski definition) is 2. The number of fused-ring (bicyclic) bond motifs is 1. The molecule has 0 saturated carbocycles. The van der Waals surface area contributed by atoms with Crippen molar-refractivity contribution in [3.8, 4) is 16.9 Å². The molecule has 1 aliphatic heterocycles. The minimum absolute atomic E-state index is 0.267. The van der Waals surface area contributed by atoms with Crippen molar-refractivity contribution in [3.05, 3.63) is 58.5 Å². The molecule has 1 saturated heterocycles. The molecule has 1 aliphatic carbocycles. The van der Waals surface area contributed by atoms with E-state index in [0.717, 1.165) is 52.2 Å². The minimum Gasteiger partial charge on any atom is -0.494 e. The first-order chi connectivity index (χ1) is 19.4. The molecule has 2 aliphatic rings.